The van der Waals surface area contributed by atoms with Crippen molar-refractivity contribution in [2.75, 3.05) is 0 Å². The first-order valence-corrected chi connectivity index (χ1v) is 19.1. The van der Waals surface area contributed by atoms with Crippen LogP contribution in [-0.4, -0.2) is 11.1 Å². The van der Waals surface area contributed by atoms with E-state index in [2.05, 4.69) is 4.98 Å². The molecule has 1 heterocycles. The van der Waals surface area contributed by atoms with Crippen LogP contribution in [0, 0.1) is 11.6 Å². The molecule has 0 radical (unpaired) electrons. The fourth-order valence-electron chi connectivity index (χ4n) is 7.37. The normalized spacial score (nSPS) is 13.5. The predicted octanol–water partition coefficient (Wildman–Crippen LogP) is 12.9. The maximum Gasteiger partial charge on any atom is 0.416 e. The van der Waals surface area contributed by atoms with Crippen molar-refractivity contribution in [3.63, 3.8) is 0 Å². The molecule has 1 aromatic heterocycles. The standard InChI is InChI=1S/C32H12BF24.C11H9F2N2/c34-25(35,36)13-1-14(26(37,38)39)6-21(5-13)33(22-7-15(27(40,41)42)2-16(8-22)28(43,44)45,23-9-17(29(46,47)48)3-18(10-23)30(49,50)51)24-11-19(31(52,53)54)4-20(12-24)32(55,56)57;12-10-2-1-9(11(13)7-10)8-15-5-3-14-4-6-15/h1-12H;1-7H,8H2/q-1;+1. The van der Waals surface area contributed by atoms with Crippen LogP contribution in [0.1, 0.15) is 50.1 Å². The summed E-state index contributed by atoms with van der Waals surface area (Å²) in [6.07, 6.45) is -48.1. The minimum absolute atomic E-state index is 0.370. The van der Waals surface area contributed by atoms with Gasteiger partial charge in [0.05, 0.1) is 62.5 Å². The molecule has 0 fully saturated rings. The first-order valence-electron chi connectivity index (χ1n) is 19.1. The van der Waals surface area contributed by atoms with E-state index in [1.54, 1.807) is 29.4 Å². The molecule has 29 heteroatoms. The van der Waals surface area contributed by atoms with Gasteiger partial charge in [-0.1, -0.05) is 48.5 Å². The maximum atomic E-state index is 14.2. The molecule has 0 aliphatic heterocycles. The summed E-state index contributed by atoms with van der Waals surface area (Å²) in [4.78, 5) is 3.85. The predicted molar refractivity (Wildman–Crippen MR) is 200 cm³/mol. The fourth-order valence-corrected chi connectivity index (χ4v) is 7.37. The second-order valence-corrected chi connectivity index (χ2v) is 15.4. The van der Waals surface area contributed by atoms with Crippen LogP contribution in [-0.2, 0) is 56.0 Å². The summed E-state index contributed by atoms with van der Waals surface area (Å²) in [6.45, 7) is 0.370. The molecule has 72 heavy (non-hydrogen) atoms. The van der Waals surface area contributed by atoms with Crippen molar-refractivity contribution in [1.29, 1.82) is 0 Å². The van der Waals surface area contributed by atoms with E-state index in [1.165, 1.54) is 12.1 Å². The molecule has 0 aliphatic carbocycles. The second-order valence-electron chi connectivity index (χ2n) is 15.4. The number of aromatic nitrogens is 2. The van der Waals surface area contributed by atoms with Crippen LogP contribution in [0.5, 0.6) is 0 Å². The highest BCUT2D eigenvalue weighted by atomic mass is 19.4. The molecule has 388 valence electrons. The van der Waals surface area contributed by atoms with E-state index in [9.17, 15) is 114 Å². The van der Waals surface area contributed by atoms with Gasteiger partial charge in [0.2, 0.25) is 0 Å². The van der Waals surface area contributed by atoms with E-state index in [0.717, 1.165) is 6.07 Å². The molecule has 0 unspecified atom stereocenters. The number of nitrogens with zero attached hydrogens (tertiary/aromatic N) is 2. The summed E-state index contributed by atoms with van der Waals surface area (Å²) >= 11 is 0. The number of hydrogen-bond donors (Lipinski definition) is 0. The summed E-state index contributed by atoms with van der Waals surface area (Å²) in [5.41, 5.74) is -29.8. The van der Waals surface area contributed by atoms with E-state index in [1.807, 2.05) is 0 Å². The van der Waals surface area contributed by atoms with Gasteiger partial charge in [-0.3, -0.25) is 4.98 Å². The van der Waals surface area contributed by atoms with Gasteiger partial charge in [-0.15, -0.1) is 0 Å². The number of halogens is 26. The first kappa shape index (κ1) is 56.3. The van der Waals surface area contributed by atoms with Crippen LogP contribution in [0.15, 0.2) is 116 Å². The monoisotopic (exact) mass is 1070 g/mol. The van der Waals surface area contributed by atoms with Gasteiger partial charge in [0.25, 0.3) is 0 Å². The molecule has 0 bridgehead atoms. The molecule has 0 N–H and O–H groups in total. The molecule has 0 atom stereocenters. The van der Waals surface area contributed by atoms with Crippen molar-refractivity contribution in [3.05, 3.63) is 177 Å². The zero-order valence-corrected chi connectivity index (χ0v) is 34.5. The van der Waals surface area contributed by atoms with Gasteiger partial charge in [-0.2, -0.15) is 132 Å². The lowest BCUT2D eigenvalue weighted by molar-refractivity contribution is -0.689. The molecule has 0 amide bonds. The molecule has 2 nitrogen and oxygen atoms in total. The van der Waals surface area contributed by atoms with Crippen LogP contribution in [0.2, 0.25) is 0 Å². The molecule has 0 saturated heterocycles. The zero-order chi connectivity index (χ0) is 54.6. The third kappa shape index (κ3) is 12.9. The van der Waals surface area contributed by atoms with Gasteiger partial charge in [-0.25, -0.2) is 8.78 Å². The van der Waals surface area contributed by atoms with Gasteiger partial charge in [0.1, 0.15) is 17.8 Å². The lowest BCUT2D eigenvalue weighted by Crippen LogP contribution is -2.75. The third-order valence-corrected chi connectivity index (χ3v) is 10.5. The van der Waals surface area contributed by atoms with Crippen LogP contribution in [0.3, 0.4) is 0 Å². The van der Waals surface area contributed by atoms with Gasteiger partial charge in [0.15, 0.2) is 18.9 Å². The van der Waals surface area contributed by atoms with Gasteiger partial charge in [-0.05, 0) is 36.4 Å². The van der Waals surface area contributed by atoms with Gasteiger partial charge < -0.3 is 0 Å². The van der Waals surface area contributed by atoms with Crippen LogP contribution >= 0.6 is 0 Å². The Balaban J connectivity index is 0.000000542. The number of rotatable bonds is 6. The second kappa shape index (κ2) is 19.1. The first-order chi connectivity index (χ1) is 32.5. The van der Waals surface area contributed by atoms with Crippen molar-refractivity contribution >= 4 is 28.0 Å². The van der Waals surface area contributed by atoms with E-state index < -0.39 is 206 Å². The molecular weight excluding hydrogens is 1050 g/mol. The Kier molecular flexibility index (Phi) is 15.0. The van der Waals surface area contributed by atoms with Crippen LogP contribution in [0.4, 0.5) is 114 Å². The summed E-state index contributed by atoms with van der Waals surface area (Å²) in [6, 6.07) is -5.23. The Bertz CT molecular complexity index is 2470. The highest BCUT2D eigenvalue weighted by Crippen LogP contribution is 2.41. The lowest BCUT2D eigenvalue weighted by atomic mass is 9.12. The summed E-state index contributed by atoms with van der Waals surface area (Å²) in [7, 11) is 0. The minimum atomic E-state index is -6.13. The van der Waals surface area contributed by atoms with Crippen LogP contribution < -0.4 is 26.4 Å². The van der Waals surface area contributed by atoms with E-state index in [4.69, 9.17) is 0 Å². The van der Waals surface area contributed by atoms with Gasteiger partial charge >= 0.3 is 49.4 Å². The molecule has 5 aromatic carbocycles. The van der Waals surface area contributed by atoms with E-state index in [-0.39, 0.29) is 0 Å². The Morgan fingerprint density at radius 3 is 0.778 bits per heavy atom. The Morgan fingerprint density at radius 2 is 0.569 bits per heavy atom. The SMILES string of the molecule is FC(F)(F)c1cc([B-](c2cc(C(F)(F)F)cc(C(F)(F)F)c2)(c2cc(C(F)(F)F)cc(C(F)(F)F)c2)c2cc(C(F)(F)F)cc(C(F)(F)F)c2)cc(C(F)(F)F)c1.Fc1ccc(C[n+]2ccncc2)c(F)c1. The molecule has 6 rings (SSSR count). The molecule has 6 aromatic rings. The van der Waals surface area contributed by atoms with Crippen molar-refractivity contribution < 1.29 is 119 Å². The van der Waals surface area contributed by atoms with Gasteiger partial charge in [0, 0.05) is 6.07 Å². The number of benzene rings is 5. The van der Waals surface area contributed by atoms with Crippen molar-refractivity contribution in [1.82, 2.24) is 4.98 Å². The average molecular weight is 1070 g/mol. The highest BCUT2D eigenvalue weighted by Gasteiger charge is 2.47. The Morgan fingerprint density at radius 1 is 0.333 bits per heavy atom. The highest BCUT2D eigenvalue weighted by molar-refractivity contribution is 7.20. The smallest absolute Gasteiger partial charge is 0.252 e. The summed E-state index contributed by atoms with van der Waals surface area (Å²) in [5.74, 6) is -1.09. The molecule has 0 saturated carbocycles. The van der Waals surface area contributed by atoms with E-state index in [0.29, 0.717) is 12.1 Å². The molecule has 0 spiro atoms. The number of alkyl halides is 24. The number of hydrogen-bond acceptors (Lipinski definition) is 1. The van der Waals surface area contributed by atoms with Crippen LogP contribution in [0.25, 0.3) is 0 Å². The zero-order valence-electron chi connectivity index (χ0n) is 34.5. The third-order valence-electron chi connectivity index (χ3n) is 10.5. The molecule has 0 aliphatic rings. The lowest BCUT2D eigenvalue weighted by Gasteiger charge is -2.46. The quantitative estimate of drug-likeness (QED) is 0.0923. The summed E-state index contributed by atoms with van der Waals surface area (Å²) < 4.78 is 368. The van der Waals surface area contributed by atoms with E-state index >= 15 is 0 Å². The topological polar surface area (TPSA) is 16.8 Å². The fraction of sp³-hybridized carbons (Fsp3) is 0.209. The average Bonchev–Trinajstić information content (AvgIpc) is 3.23. The summed E-state index contributed by atoms with van der Waals surface area (Å²) in [5, 5.41) is 0. The minimum Gasteiger partial charge on any atom is -0.252 e. The van der Waals surface area contributed by atoms with Crippen molar-refractivity contribution in [2.24, 2.45) is 0 Å². The Labute approximate surface area is 385 Å². The largest absolute Gasteiger partial charge is 0.416 e. The van der Waals surface area contributed by atoms with Crippen molar-refractivity contribution in [2.45, 2.75) is 56.0 Å². The Hall–Kier alpha value is -6.58. The molecular formula is C43H21BF26N2. The van der Waals surface area contributed by atoms with Crippen molar-refractivity contribution in [3.8, 4) is 0 Å². The maximum absolute atomic E-state index is 14.2.